The van der Waals surface area contributed by atoms with Gasteiger partial charge in [-0.3, -0.25) is 0 Å². The van der Waals surface area contributed by atoms with Gasteiger partial charge in [0.15, 0.2) is 0 Å². The summed E-state index contributed by atoms with van der Waals surface area (Å²) in [5.41, 5.74) is 0. The highest BCUT2D eigenvalue weighted by atomic mass is 15.1. The maximum Gasteiger partial charge on any atom is 0.108 e. The van der Waals surface area contributed by atoms with Crippen LogP contribution in [0, 0.1) is 0 Å². The number of hydrogen-bond acceptors (Lipinski definition) is 2. The summed E-state index contributed by atoms with van der Waals surface area (Å²) >= 11 is 0. The lowest BCUT2D eigenvalue weighted by Gasteiger charge is -2.07. The first-order valence-corrected chi connectivity index (χ1v) is 6.59. The normalized spacial score (nSPS) is 10.9. The summed E-state index contributed by atoms with van der Waals surface area (Å²) in [6, 6.07) is 0. The smallest absolute Gasteiger partial charge is 0.108 e. The Morgan fingerprint density at radius 3 is 2.88 bits per heavy atom. The Labute approximate surface area is 99.3 Å². The summed E-state index contributed by atoms with van der Waals surface area (Å²) in [4.78, 5) is 4.38. The van der Waals surface area contributed by atoms with E-state index in [-0.39, 0.29) is 0 Å². The molecule has 1 rings (SSSR count). The number of aryl methyl sites for hydroxylation is 2. The van der Waals surface area contributed by atoms with E-state index in [1.807, 2.05) is 6.20 Å². The van der Waals surface area contributed by atoms with Crippen molar-refractivity contribution in [1.29, 1.82) is 0 Å². The Kier molecular flexibility index (Phi) is 6.90. The number of hydrogen-bond donors (Lipinski definition) is 1. The summed E-state index contributed by atoms with van der Waals surface area (Å²) < 4.78 is 2.30. The van der Waals surface area contributed by atoms with Gasteiger partial charge in [0, 0.05) is 25.4 Å². The van der Waals surface area contributed by atoms with Gasteiger partial charge in [-0.25, -0.2) is 4.98 Å². The van der Waals surface area contributed by atoms with Crippen molar-refractivity contribution in [2.45, 2.75) is 52.5 Å². The van der Waals surface area contributed by atoms with Gasteiger partial charge >= 0.3 is 0 Å². The molecule has 1 heterocycles. The van der Waals surface area contributed by atoms with Crippen LogP contribution in [0.4, 0.5) is 0 Å². The molecular formula is C13H25N3. The molecule has 0 aliphatic heterocycles. The van der Waals surface area contributed by atoms with Gasteiger partial charge in [0.25, 0.3) is 0 Å². The van der Waals surface area contributed by atoms with E-state index < -0.39 is 0 Å². The second kappa shape index (κ2) is 8.34. The molecule has 0 aliphatic carbocycles. The topological polar surface area (TPSA) is 29.9 Å². The molecule has 0 aromatic carbocycles. The first-order valence-electron chi connectivity index (χ1n) is 6.59. The number of rotatable bonds is 9. The predicted octanol–water partition coefficient (Wildman–Crippen LogP) is 2.62. The molecule has 0 unspecified atom stereocenters. The second-order valence-electron chi connectivity index (χ2n) is 4.20. The molecule has 0 fully saturated rings. The third-order valence-electron chi connectivity index (χ3n) is 2.78. The van der Waals surface area contributed by atoms with Crippen LogP contribution < -0.4 is 5.32 Å². The molecule has 1 N–H and O–H groups in total. The summed E-state index contributed by atoms with van der Waals surface area (Å²) in [6.45, 7) is 7.73. The Bertz CT molecular complexity index is 268. The van der Waals surface area contributed by atoms with E-state index >= 15 is 0 Å². The third-order valence-corrected chi connectivity index (χ3v) is 2.78. The number of imidazole rings is 1. The molecule has 92 valence electrons. The van der Waals surface area contributed by atoms with E-state index in [0.29, 0.717) is 0 Å². The van der Waals surface area contributed by atoms with Gasteiger partial charge in [0.2, 0.25) is 0 Å². The second-order valence-corrected chi connectivity index (χ2v) is 4.20. The minimum Gasteiger partial charge on any atom is -0.335 e. The summed E-state index contributed by atoms with van der Waals surface area (Å²) in [6.07, 6.45) is 10.2. The zero-order valence-corrected chi connectivity index (χ0v) is 10.7. The van der Waals surface area contributed by atoms with Crippen molar-refractivity contribution in [3.8, 4) is 0 Å². The molecule has 16 heavy (non-hydrogen) atoms. The zero-order valence-electron chi connectivity index (χ0n) is 10.7. The molecule has 0 saturated heterocycles. The number of unbranched alkanes of at least 4 members (excludes halogenated alkanes) is 2. The molecule has 0 aliphatic rings. The fourth-order valence-corrected chi connectivity index (χ4v) is 1.88. The van der Waals surface area contributed by atoms with Crippen molar-refractivity contribution in [3.05, 3.63) is 18.2 Å². The Morgan fingerprint density at radius 2 is 2.12 bits per heavy atom. The van der Waals surface area contributed by atoms with Crippen molar-refractivity contribution in [3.63, 3.8) is 0 Å². The van der Waals surface area contributed by atoms with Crippen LogP contribution in [0.1, 0.15) is 45.4 Å². The standard InChI is InChI=1S/C13H25N3/c1-3-8-13-15-10-12-16(13)11-7-5-6-9-14-4-2/h10,12,14H,3-9,11H2,1-2H3. The minimum atomic E-state index is 1.09. The van der Waals surface area contributed by atoms with E-state index in [0.717, 1.165) is 26.1 Å². The first-order chi connectivity index (χ1) is 7.88. The highest BCUT2D eigenvalue weighted by Gasteiger charge is 2.00. The van der Waals surface area contributed by atoms with Crippen LogP contribution in [0.2, 0.25) is 0 Å². The summed E-state index contributed by atoms with van der Waals surface area (Å²) in [7, 11) is 0. The lowest BCUT2D eigenvalue weighted by molar-refractivity contribution is 0.550. The third kappa shape index (κ3) is 4.79. The Balaban J connectivity index is 2.13. The van der Waals surface area contributed by atoms with E-state index in [1.165, 1.54) is 31.5 Å². The van der Waals surface area contributed by atoms with Crippen LogP contribution in [0.15, 0.2) is 12.4 Å². The van der Waals surface area contributed by atoms with Crippen molar-refractivity contribution in [2.75, 3.05) is 13.1 Å². The fraction of sp³-hybridized carbons (Fsp3) is 0.769. The maximum atomic E-state index is 4.38. The van der Waals surface area contributed by atoms with Crippen LogP contribution in [0.25, 0.3) is 0 Å². The Hall–Kier alpha value is -0.830. The Morgan fingerprint density at radius 1 is 1.25 bits per heavy atom. The van der Waals surface area contributed by atoms with Crippen LogP contribution in [0.5, 0.6) is 0 Å². The molecule has 3 nitrogen and oxygen atoms in total. The van der Waals surface area contributed by atoms with Gasteiger partial charge in [-0.05, 0) is 32.4 Å². The first kappa shape index (κ1) is 13.2. The molecule has 3 heteroatoms. The highest BCUT2D eigenvalue weighted by Crippen LogP contribution is 2.04. The molecule has 0 radical (unpaired) electrons. The quantitative estimate of drug-likeness (QED) is 0.652. The number of aromatic nitrogens is 2. The lowest BCUT2D eigenvalue weighted by atomic mass is 10.2. The monoisotopic (exact) mass is 223 g/mol. The van der Waals surface area contributed by atoms with Crippen LogP contribution in [-0.2, 0) is 13.0 Å². The van der Waals surface area contributed by atoms with Crippen LogP contribution >= 0.6 is 0 Å². The fourth-order valence-electron chi connectivity index (χ4n) is 1.88. The highest BCUT2D eigenvalue weighted by molar-refractivity contribution is 4.92. The minimum absolute atomic E-state index is 1.09. The summed E-state index contributed by atoms with van der Waals surface area (Å²) in [5.74, 6) is 1.24. The van der Waals surface area contributed by atoms with E-state index in [1.54, 1.807) is 0 Å². The van der Waals surface area contributed by atoms with Crippen molar-refractivity contribution in [1.82, 2.24) is 14.9 Å². The molecule has 0 atom stereocenters. The lowest BCUT2D eigenvalue weighted by Crippen LogP contribution is -2.14. The van der Waals surface area contributed by atoms with Crippen molar-refractivity contribution in [2.24, 2.45) is 0 Å². The van der Waals surface area contributed by atoms with E-state index in [2.05, 4.69) is 34.9 Å². The van der Waals surface area contributed by atoms with Gasteiger partial charge in [0.1, 0.15) is 5.82 Å². The molecule has 1 aromatic heterocycles. The number of nitrogens with zero attached hydrogens (tertiary/aromatic N) is 2. The van der Waals surface area contributed by atoms with Gasteiger partial charge < -0.3 is 9.88 Å². The van der Waals surface area contributed by atoms with Gasteiger partial charge in [-0.15, -0.1) is 0 Å². The maximum absolute atomic E-state index is 4.38. The molecule has 1 aromatic rings. The van der Waals surface area contributed by atoms with Gasteiger partial charge in [-0.2, -0.15) is 0 Å². The SMILES string of the molecule is CCCc1nccn1CCCCCNCC. The van der Waals surface area contributed by atoms with Crippen molar-refractivity contribution < 1.29 is 0 Å². The zero-order chi connectivity index (χ0) is 11.6. The van der Waals surface area contributed by atoms with E-state index in [9.17, 15) is 0 Å². The molecule has 0 spiro atoms. The van der Waals surface area contributed by atoms with Crippen molar-refractivity contribution >= 4 is 0 Å². The predicted molar refractivity (Wildman–Crippen MR) is 68.6 cm³/mol. The average Bonchev–Trinajstić information content (AvgIpc) is 2.72. The molecule has 0 amide bonds. The average molecular weight is 223 g/mol. The largest absolute Gasteiger partial charge is 0.335 e. The van der Waals surface area contributed by atoms with Gasteiger partial charge in [-0.1, -0.05) is 20.3 Å². The van der Waals surface area contributed by atoms with Crippen LogP contribution in [-0.4, -0.2) is 22.6 Å². The summed E-state index contributed by atoms with van der Waals surface area (Å²) in [5, 5.41) is 3.35. The van der Waals surface area contributed by atoms with E-state index in [4.69, 9.17) is 0 Å². The van der Waals surface area contributed by atoms with Crippen LogP contribution in [0.3, 0.4) is 0 Å². The molecule has 0 saturated carbocycles. The molecule has 0 bridgehead atoms. The molecular weight excluding hydrogens is 198 g/mol. The number of nitrogens with one attached hydrogen (secondary N) is 1. The van der Waals surface area contributed by atoms with Gasteiger partial charge in [0.05, 0.1) is 0 Å².